The van der Waals surface area contributed by atoms with Crippen LogP contribution in [0.25, 0.3) is 0 Å². The third-order valence-corrected chi connectivity index (χ3v) is 3.63. The quantitative estimate of drug-likeness (QED) is 0.837. The highest BCUT2D eigenvalue weighted by atomic mass is 16.5. The molecule has 4 nitrogen and oxygen atoms in total. The Balaban J connectivity index is 2.07. The Morgan fingerprint density at radius 2 is 2.10 bits per heavy atom. The van der Waals surface area contributed by atoms with Gasteiger partial charge >= 0.3 is 0 Å². The van der Waals surface area contributed by atoms with Crippen LogP contribution in [0.4, 0.5) is 0 Å². The zero-order valence-electron chi connectivity index (χ0n) is 11.6. The molecule has 4 heteroatoms. The molecule has 1 aromatic carbocycles. The second-order valence-corrected chi connectivity index (χ2v) is 5.01. The Morgan fingerprint density at radius 3 is 2.75 bits per heavy atom. The van der Waals surface area contributed by atoms with E-state index in [1.54, 1.807) is 18.2 Å². The van der Waals surface area contributed by atoms with Crippen LogP contribution in [0.2, 0.25) is 0 Å². The van der Waals surface area contributed by atoms with Crippen LogP contribution in [-0.2, 0) is 0 Å². The minimum Gasteiger partial charge on any atom is -0.489 e. The number of hydrogen-bond acceptors (Lipinski definition) is 3. The maximum Gasteiger partial charge on any atom is 0.257 e. The number of benzene rings is 1. The number of likely N-dealkylation sites (tertiary alicyclic amines) is 1. The average Bonchev–Trinajstić information content (AvgIpc) is 2.52. The van der Waals surface area contributed by atoms with Gasteiger partial charge in [0.15, 0.2) is 0 Å². The first-order valence-electron chi connectivity index (χ1n) is 6.99. The summed E-state index contributed by atoms with van der Waals surface area (Å²) in [5, 5.41) is 9.14. The van der Waals surface area contributed by atoms with Crippen molar-refractivity contribution in [1.82, 2.24) is 4.90 Å². The van der Waals surface area contributed by atoms with E-state index in [0.717, 1.165) is 12.8 Å². The molecule has 0 bridgehead atoms. The molecular formula is C16H21NO3. The normalized spacial score (nSPS) is 15.9. The van der Waals surface area contributed by atoms with Crippen molar-refractivity contribution in [2.75, 3.05) is 26.3 Å². The second-order valence-electron chi connectivity index (χ2n) is 5.01. The molecule has 1 heterocycles. The summed E-state index contributed by atoms with van der Waals surface area (Å²) in [7, 11) is 0. The van der Waals surface area contributed by atoms with Crippen LogP contribution >= 0.6 is 0 Å². The summed E-state index contributed by atoms with van der Waals surface area (Å²) >= 11 is 0. The number of hydrogen-bond donors (Lipinski definition) is 1. The number of amides is 1. The first-order chi connectivity index (χ1) is 9.76. The minimum absolute atomic E-state index is 0.000974. The highest BCUT2D eigenvalue weighted by Gasteiger charge is 2.24. The number of aliphatic hydroxyl groups excluding tert-OH is 1. The molecule has 1 aromatic rings. The van der Waals surface area contributed by atoms with Crippen molar-refractivity contribution in [3.8, 4) is 5.75 Å². The largest absolute Gasteiger partial charge is 0.489 e. The molecule has 1 saturated heterocycles. The fraction of sp³-hybridized carbons (Fsp3) is 0.438. The van der Waals surface area contributed by atoms with Gasteiger partial charge in [-0.3, -0.25) is 4.79 Å². The van der Waals surface area contributed by atoms with Gasteiger partial charge in [0.25, 0.3) is 5.91 Å². The molecule has 108 valence electrons. The van der Waals surface area contributed by atoms with Crippen LogP contribution in [0, 0.1) is 5.92 Å². The topological polar surface area (TPSA) is 49.8 Å². The van der Waals surface area contributed by atoms with Crippen molar-refractivity contribution in [2.45, 2.75) is 12.8 Å². The molecule has 0 saturated carbocycles. The van der Waals surface area contributed by atoms with E-state index in [0.29, 0.717) is 36.9 Å². The van der Waals surface area contributed by atoms with Gasteiger partial charge in [0.05, 0.1) is 5.56 Å². The maximum absolute atomic E-state index is 12.5. The van der Waals surface area contributed by atoms with Crippen LogP contribution in [0.15, 0.2) is 36.9 Å². The number of nitrogens with zero attached hydrogens (tertiary/aromatic N) is 1. The Hall–Kier alpha value is -1.81. The highest BCUT2D eigenvalue weighted by Crippen LogP contribution is 2.23. The van der Waals surface area contributed by atoms with Crippen molar-refractivity contribution in [3.05, 3.63) is 42.5 Å². The first kappa shape index (κ1) is 14.6. The molecule has 0 aromatic heterocycles. The molecular weight excluding hydrogens is 254 g/mol. The monoisotopic (exact) mass is 275 g/mol. The summed E-state index contributed by atoms with van der Waals surface area (Å²) in [6.45, 7) is 5.60. The van der Waals surface area contributed by atoms with Crippen LogP contribution < -0.4 is 4.74 Å². The Bertz CT molecular complexity index is 465. The number of carbonyl (C=O) groups excluding carboxylic acids is 1. The van der Waals surface area contributed by atoms with Gasteiger partial charge in [0, 0.05) is 19.7 Å². The van der Waals surface area contributed by atoms with Crippen LogP contribution in [0.1, 0.15) is 23.2 Å². The van der Waals surface area contributed by atoms with Gasteiger partial charge < -0.3 is 14.7 Å². The summed E-state index contributed by atoms with van der Waals surface area (Å²) in [4.78, 5) is 14.4. The molecule has 1 N–H and O–H groups in total. The van der Waals surface area contributed by atoms with Gasteiger partial charge in [-0.15, -0.1) is 0 Å². The highest BCUT2D eigenvalue weighted by molar-refractivity contribution is 5.97. The van der Waals surface area contributed by atoms with Gasteiger partial charge in [-0.25, -0.2) is 0 Å². The predicted octanol–water partition coefficient (Wildman–Crippen LogP) is 2.10. The summed E-state index contributed by atoms with van der Waals surface area (Å²) in [6, 6.07) is 7.29. The van der Waals surface area contributed by atoms with Gasteiger partial charge in [-0.1, -0.05) is 24.8 Å². The standard InChI is InChI=1S/C16H21NO3/c1-2-11-20-15-6-4-3-5-14(15)16(19)17-9-7-13(12-18)8-10-17/h2-6,13,18H,1,7-12H2. The third kappa shape index (κ3) is 3.39. The molecule has 2 rings (SSSR count). The summed E-state index contributed by atoms with van der Waals surface area (Å²) in [5.41, 5.74) is 0.594. The second kappa shape index (κ2) is 7.10. The molecule has 0 unspecified atom stereocenters. The number of ether oxygens (including phenoxy) is 1. The summed E-state index contributed by atoms with van der Waals surface area (Å²) in [6.07, 6.45) is 3.38. The zero-order chi connectivity index (χ0) is 14.4. The Morgan fingerprint density at radius 1 is 1.40 bits per heavy atom. The van der Waals surface area contributed by atoms with Gasteiger partial charge in [0.2, 0.25) is 0 Å². The van der Waals surface area contributed by atoms with Gasteiger partial charge in [-0.05, 0) is 30.9 Å². The average molecular weight is 275 g/mol. The predicted molar refractivity (Wildman–Crippen MR) is 77.8 cm³/mol. The number of para-hydroxylation sites is 1. The first-order valence-corrected chi connectivity index (χ1v) is 6.99. The number of piperidine rings is 1. The van der Waals surface area contributed by atoms with E-state index in [-0.39, 0.29) is 12.5 Å². The van der Waals surface area contributed by atoms with E-state index in [2.05, 4.69) is 6.58 Å². The van der Waals surface area contributed by atoms with E-state index >= 15 is 0 Å². The SMILES string of the molecule is C=CCOc1ccccc1C(=O)N1CCC(CO)CC1. The van der Waals surface area contributed by atoms with Crippen LogP contribution in [0.5, 0.6) is 5.75 Å². The number of carbonyl (C=O) groups is 1. The van der Waals surface area contributed by atoms with Crippen molar-refractivity contribution in [1.29, 1.82) is 0 Å². The van der Waals surface area contributed by atoms with Gasteiger partial charge in [0.1, 0.15) is 12.4 Å². The summed E-state index contributed by atoms with van der Waals surface area (Å²) in [5.74, 6) is 0.925. The molecule has 20 heavy (non-hydrogen) atoms. The van der Waals surface area contributed by atoms with Crippen molar-refractivity contribution in [3.63, 3.8) is 0 Å². The van der Waals surface area contributed by atoms with Crippen LogP contribution in [-0.4, -0.2) is 42.2 Å². The molecule has 1 amide bonds. The molecule has 0 radical (unpaired) electrons. The van der Waals surface area contributed by atoms with Crippen molar-refractivity contribution >= 4 is 5.91 Å². The zero-order valence-corrected chi connectivity index (χ0v) is 11.6. The lowest BCUT2D eigenvalue weighted by molar-refractivity contribution is 0.0647. The molecule has 0 atom stereocenters. The molecule has 0 aliphatic carbocycles. The van der Waals surface area contributed by atoms with Crippen molar-refractivity contribution in [2.24, 2.45) is 5.92 Å². The molecule has 1 aliphatic heterocycles. The van der Waals surface area contributed by atoms with Crippen LogP contribution in [0.3, 0.4) is 0 Å². The number of aliphatic hydroxyl groups is 1. The lowest BCUT2D eigenvalue weighted by Gasteiger charge is -2.31. The van der Waals surface area contributed by atoms with E-state index in [4.69, 9.17) is 9.84 Å². The van der Waals surface area contributed by atoms with Crippen molar-refractivity contribution < 1.29 is 14.6 Å². The smallest absolute Gasteiger partial charge is 0.257 e. The van der Waals surface area contributed by atoms with Gasteiger partial charge in [-0.2, -0.15) is 0 Å². The minimum atomic E-state index is 0.000974. The fourth-order valence-corrected chi connectivity index (χ4v) is 2.41. The summed E-state index contributed by atoms with van der Waals surface area (Å²) < 4.78 is 5.53. The van der Waals surface area contributed by atoms with E-state index in [1.807, 2.05) is 17.0 Å². The van der Waals surface area contributed by atoms with E-state index in [1.165, 1.54) is 0 Å². The molecule has 1 aliphatic rings. The Kier molecular flexibility index (Phi) is 5.18. The molecule has 1 fully saturated rings. The third-order valence-electron chi connectivity index (χ3n) is 3.63. The van der Waals surface area contributed by atoms with E-state index < -0.39 is 0 Å². The lowest BCUT2D eigenvalue weighted by Crippen LogP contribution is -2.39. The lowest BCUT2D eigenvalue weighted by atomic mass is 9.97. The van der Waals surface area contributed by atoms with E-state index in [9.17, 15) is 4.79 Å². The fourth-order valence-electron chi connectivity index (χ4n) is 2.41. The Labute approximate surface area is 119 Å². The maximum atomic E-state index is 12.5. The number of rotatable bonds is 5. The molecule has 0 spiro atoms.